The van der Waals surface area contributed by atoms with E-state index < -0.39 is 22.9 Å². The Bertz CT molecular complexity index is 2080. The van der Waals surface area contributed by atoms with Crippen LogP contribution in [0.1, 0.15) is 22.8 Å². The molecule has 5 aromatic carbocycles. The lowest BCUT2D eigenvalue weighted by atomic mass is 10.1. The van der Waals surface area contributed by atoms with Crippen LogP contribution in [0.4, 0.5) is 15.8 Å². The zero-order chi connectivity index (χ0) is 33.5. The third-order valence-corrected chi connectivity index (χ3v) is 8.27. The van der Waals surface area contributed by atoms with E-state index in [-0.39, 0.29) is 11.6 Å². The summed E-state index contributed by atoms with van der Waals surface area (Å²) in [6, 6.07) is 35.9. The predicted molar refractivity (Wildman–Crippen MR) is 187 cm³/mol. The van der Waals surface area contributed by atoms with Crippen LogP contribution in [0.15, 0.2) is 142 Å². The number of halogens is 1. The summed E-state index contributed by atoms with van der Waals surface area (Å²) in [7, 11) is 0. The van der Waals surface area contributed by atoms with Gasteiger partial charge in [-0.15, -0.1) is 11.8 Å². The molecule has 3 amide bonds. The molecule has 0 aliphatic heterocycles. The number of benzene rings is 5. The number of anilines is 2. The minimum absolute atomic E-state index is 0.0246. The van der Waals surface area contributed by atoms with E-state index in [0.717, 1.165) is 16.0 Å². The maximum absolute atomic E-state index is 13.5. The van der Waals surface area contributed by atoms with E-state index in [1.165, 1.54) is 42.1 Å². The van der Waals surface area contributed by atoms with Crippen molar-refractivity contribution in [3.8, 4) is 11.5 Å². The highest BCUT2D eigenvalue weighted by atomic mass is 32.2. The molecule has 8 nitrogen and oxygen atoms in total. The second-order valence-electron chi connectivity index (χ2n) is 10.7. The number of hydrogen-bond donors (Lipinski definition) is 3. The van der Waals surface area contributed by atoms with E-state index in [0.29, 0.717) is 34.0 Å². The lowest BCUT2D eigenvalue weighted by Gasteiger charge is -2.14. The number of rotatable bonds is 10. The first kappa shape index (κ1) is 32.0. The third kappa shape index (κ3) is 8.04. The van der Waals surface area contributed by atoms with Gasteiger partial charge in [-0.05, 0) is 97.4 Å². The van der Waals surface area contributed by atoms with Gasteiger partial charge >= 0.3 is 0 Å². The molecule has 48 heavy (non-hydrogen) atoms. The fraction of sp³-hybridized carbons (Fsp3) is 0.0526. The SMILES string of the molecule is CC(Sc1cccc(NC(=O)/C(=C/c2ccc(F)cc2)NC(=O)c2ccccc2)c1)C(=O)Nc1ccc(-c2nc3ccccc3o2)cc1. The maximum atomic E-state index is 13.5. The minimum Gasteiger partial charge on any atom is -0.436 e. The lowest BCUT2D eigenvalue weighted by molar-refractivity contribution is -0.115. The molecule has 1 atom stereocenters. The molecule has 1 unspecified atom stereocenters. The van der Waals surface area contributed by atoms with Crippen LogP contribution in [0.3, 0.4) is 0 Å². The standard InChI is InChI=1S/C38H29FN4O4S/c1-24(35(44)40-29-20-16-27(17-21-29)38-43-32-12-5-6-13-34(32)47-38)48-31-11-7-10-30(23-31)41-37(46)33(22-25-14-18-28(39)19-15-25)42-36(45)26-8-3-2-4-9-26/h2-24H,1H3,(H,40,44)(H,41,46)(H,42,45)/b33-22-. The first-order chi connectivity index (χ1) is 23.3. The molecule has 1 heterocycles. The van der Waals surface area contributed by atoms with Crippen LogP contribution in [0.2, 0.25) is 0 Å². The van der Waals surface area contributed by atoms with E-state index >= 15 is 0 Å². The quantitative estimate of drug-likeness (QED) is 0.101. The van der Waals surface area contributed by atoms with Gasteiger partial charge in [-0.3, -0.25) is 14.4 Å². The topological polar surface area (TPSA) is 113 Å². The minimum atomic E-state index is -0.571. The van der Waals surface area contributed by atoms with Gasteiger partial charge in [0.05, 0.1) is 5.25 Å². The van der Waals surface area contributed by atoms with Crippen molar-refractivity contribution in [3.63, 3.8) is 0 Å². The van der Waals surface area contributed by atoms with Gasteiger partial charge in [-0.1, -0.05) is 48.5 Å². The average Bonchev–Trinajstić information content (AvgIpc) is 3.54. The van der Waals surface area contributed by atoms with Crippen LogP contribution < -0.4 is 16.0 Å². The van der Waals surface area contributed by atoms with Crippen molar-refractivity contribution in [2.24, 2.45) is 0 Å². The Morgan fingerprint density at radius 2 is 1.52 bits per heavy atom. The summed E-state index contributed by atoms with van der Waals surface area (Å²) >= 11 is 1.33. The Hall–Kier alpha value is -6.00. The molecule has 238 valence electrons. The molecule has 0 bridgehead atoms. The van der Waals surface area contributed by atoms with Gasteiger partial charge in [-0.25, -0.2) is 9.37 Å². The highest BCUT2D eigenvalue weighted by molar-refractivity contribution is 8.00. The number of hydrogen-bond acceptors (Lipinski definition) is 6. The monoisotopic (exact) mass is 656 g/mol. The Labute approximate surface area is 280 Å². The summed E-state index contributed by atoms with van der Waals surface area (Å²) < 4.78 is 19.3. The van der Waals surface area contributed by atoms with Crippen molar-refractivity contribution in [2.75, 3.05) is 10.6 Å². The Morgan fingerprint density at radius 3 is 2.27 bits per heavy atom. The summed E-state index contributed by atoms with van der Waals surface area (Å²) in [5.74, 6) is -1.15. The van der Waals surface area contributed by atoms with Crippen molar-refractivity contribution in [1.82, 2.24) is 10.3 Å². The van der Waals surface area contributed by atoms with Crippen LogP contribution in [0, 0.1) is 5.82 Å². The summed E-state index contributed by atoms with van der Waals surface area (Å²) in [6.07, 6.45) is 1.47. The average molecular weight is 657 g/mol. The van der Waals surface area contributed by atoms with Crippen LogP contribution in [0.5, 0.6) is 0 Å². The van der Waals surface area contributed by atoms with Crippen molar-refractivity contribution >= 4 is 58.0 Å². The zero-order valence-corrected chi connectivity index (χ0v) is 26.5. The van der Waals surface area contributed by atoms with E-state index in [4.69, 9.17) is 4.42 Å². The van der Waals surface area contributed by atoms with Crippen LogP contribution in [-0.4, -0.2) is 28.0 Å². The van der Waals surface area contributed by atoms with Crippen LogP contribution in [0.25, 0.3) is 28.6 Å². The van der Waals surface area contributed by atoms with E-state index in [2.05, 4.69) is 20.9 Å². The van der Waals surface area contributed by atoms with Gasteiger partial charge < -0.3 is 20.4 Å². The van der Waals surface area contributed by atoms with Crippen molar-refractivity contribution < 1.29 is 23.2 Å². The fourth-order valence-corrected chi connectivity index (χ4v) is 5.63. The first-order valence-electron chi connectivity index (χ1n) is 15.0. The number of amides is 3. The van der Waals surface area contributed by atoms with Gasteiger partial charge in [0.1, 0.15) is 17.0 Å². The summed E-state index contributed by atoms with van der Waals surface area (Å²) in [5, 5.41) is 7.96. The Balaban J connectivity index is 1.10. The molecule has 0 aliphatic carbocycles. The molecule has 3 N–H and O–H groups in total. The highest BCUT2D eigenvalue weighted by Crippen LogP contribution is 2.28. The molecule has 0 saturated heterocycles. The number of aromatic nitrogens is 1. The number of nitrogens with one attached hydrogen (secondary N) is 3. The molecule has 0 saturated carbocycles. The predicted octanol–water partition coefficient (Wildman–Crippen LogP) is 8.16. The second-order valence-corrected chi connectivity index (χ2v) is 12.1. The van der Waals surface area contributed by atoms with E-state index in [1.54, 1.807) is 67.6 Å². The molecule has 0 radical (unpaired) electrons. The first-order valence-corrected chi connectivity index (χ1v) is 15.9. The number of para-hydroxylation sites is 2. The summed E-state index contributed by atoms with van der Waals surface area (Å²) in [5.41, 5.74) is 4.24. The number of fused-ring (bicyclic) bond motifs is 1. The third-order valence-electron chi connectivity index (χ3n) is 7.18. The fourth-order valence-electron chi connectivity index (χ4n) is 4.71. The molecule has 1 aromatic heterocycles. The van der Waals surface area contributed by atoms with Crippen LogP contribution >= 0.6 is 11.8 Å². The Kier molecular flexibility index (Phi) is 9.73. The molecular formula is C38H29FN4O4S. The number of thioether (sulfide) groups is 1. The number of carbonyl (C=O) groups is 3. The zero-order valence-electron chi connectivity index (χ0n) is 25.6. The van der Waals surface area contributed by atoms with Gasteiger partial charge in [0.15, 0.2) is 5.58 Å². The summed E-state index contributed by atoms with van der Waals surface area (Å²) in [4.78, 5) is 44.6. The molecule has 10 heteroatoms. The maximum Gasteiger partial charge on any atom is 0.272 e. The highest BCUT2D eigenvalue weighted by Gasteiger charge is 2.18. The number of carbonyl (C=O) groups excluding carboxylic acids is 3. The molecule has 0 aliphatic rings. The summed E-state index contributed by atoms with van der Waals surface area (Å²) in [6.45, 7) is 1.79. The van der Waals surface area contributed by atoms with Gasteiger partial charge in [0.2, 0.25) is 11.8 Å². The molecule has 0 fully saturated rings. The number of oxazole rings is 1. The second kappa shape index (κ2) is 14.6. The molecule has 0 spiro atoms. The van der Waals surface area contributed by atoms with Crippen LogP contribution in [-0.2, 0) is 9.59 Å². The van der Waals surface area contributed by atoms with Gasteiger partial charge in [0.25, 0.3) is 11.8 Å². The van der Waals surface area contributed by atoms with Crippen molar-refractivity contribution in [2.45, 2.75) is 17.1 Å². The Morgan fingerprint density at radius 1 is 0.792 bits per heavy atom. The van der Waals surface area contributed by atoms with Crippen molar-refractivity contribution in [1.29, 1.82) is 0 Å². The molecule has 6 rings (SSSR count). The smallest absolute Gasteiger partial charge is 0.272 e. The molecule has 6 aromatic rings. The van der Waals surface area contributed by atoms with Crippen molar-refractivity contribution in [3.05, 3.63) is 150 Å². The van der Waals surface area contributed by atoms with E-state index in [1.807, 2.05) is 42.5 Å². The lowest BCUT2D eigenvalue weighted by Crippen LogP contribution is -2.30. The molecular weight excluding hydrogens is 628 g/mol. The normalized spacial score (nSPS) is 11.9. The largest absolute Gasteiger partial charge is 0.436 e. The van der Waals surface area contributed by atoms with E-state index in [9.17, 15) is 18.8 Å². The number of nitrogens with zero attached hydrogens (tertiary/aromatic N) is 1. The van der Waals surface area contributed by atoms with Gasteiger partial charge in [-0.2, -0.15) is 0 Å². The van der Waals surface area contributed by atoms with Gasteiger partial charge in [0, 0.05) is 27.4 Å².